The van der Waals surface area contributed by atoms with Gasteiger partial charge in [-0.2, -0.15) is 0 Å². The highest BCUT2D eigenvalue weighted by Crippen LogP contribution is 2.35. The summed E-state index contributed by atoms with van der Waals surface area (Å²) in [5.74, 6) is 0.941. The Bertz CT molecular complexity index is 490. The van der Waals surface area contributed by atoms with E-state index in [1.54, 1.807) is 0 Å². The summed E-state index contributed by atoms with van der Waals surface area (Å²) < 4.78 is 5.56. The predicted octanol–water partition coefficient (Wildman–Crippen LogP) is 1.21. The van der Waals surface area contributed by atoms with Crippen LogP contribution >= 0.6 is 0 Å². The van der Waals surface area contributed by atoms with E-state index in [4.69, 9.17) is 4.74 Å². The summed E-state index contributed by atoms with van der Waals surface area (Å²) in [5, 5.41) is 6.33. The van der Waals surface area contributed by atoms with Gasteiger partial charge in [0.2, 0.25) is 5.91 Å². The highest BCUT2D eigenvalue weighted by molar-refractivity contribution is 5.97. The molecule has 2 aliphatic rings. The molecule has 3 rings (SSSR count). The number of carbonyl (C=O) groups is 1. The molecule has 0 saturated carbocycles. The van der Waals surface area contributed by atoms with Crippen LogP contribution in [0.1, 0.15) is 13.3 Å². The minimum Gasteiger partial charge on any atom is -0.494 e. The molecular weight excluding hydrogens is 242 g/mol. The van der Waals surface area contributed by atoms with Crippen LogP contribution in [0.25, 0.3) is 0 Å². The lowest BCUT2D eigenvalue weighted by Crippen LogP contribution is -2.51. The standard InChI is InChI=1S/C14H19N3O2/c1-2-19-11-3-4-12-13(8-11)17-6-5-15-9-10(17)7-14(18)16-12/h3-4,8,10,15H,2,5-7,9H2,1H3,(H,16,18)/t10-/m0/s1. The van der Waals surface area contributed by atoms with Gasteiger partial charge in [-0.05, 0) is 19.1 Å². The van der Waals surface area contributed by atoms with Crippen molar-refractivity contribution in [3.63, 3.8) is 0 Å². The van der Waals surface area contributed by atoms with Gasteiger partial charge in [-0.15, -0.1) is 0 Å². The van der Waals surface area contributed by atoms with Gasteiger partial charge in [0.1, 0.15) is 5.75 Å². The number of amides is 1. The fourth-order valence-electron chi connectivity index (χ4n) is 2.79. The van der Waals surface area contributed by atoms with Crippen LogP contribution in [0, 0.1) is 0 Å². The molecule has 1 fully saturated rings. The van der Waals surface area contributed by atoms with Crippen LogP contribution < -0.4 is 20.3 Å². The van der Waals surface area contributed by atoms with Crippen molar-refractivity contribution in [3.05, 3.63) is 18.2 Å². The van der Waals surface area contributed by atoms with Crippen molar-refractivity contribution in [2.24, 2.45) is 0 Å². The largest absolute Gasteiger partial charge is 0.494 e. The summed E-state index contributed by atoms with van der Waals surface area (Å²) in [5.41, 5.74) is 1.96. The Hall–Kier alpha value is -1.75. The summed E-state index contributed by atoms with van der Waals surface area (Å²) in [6.07, 6.45) is 0.533. The van der Waals surface area contributed by atoms with Crippen LogP contribution in [0.15, 0.2) is 18.2 Å². The predicted molar refractivity (Wildman–Crippen MR) is 74.9 cm³/mol. The second-order valence-corrected chi connectivity index (χ2v) is 4.92. The van der Waals surface area contributed by atoms with Gasteiger partial charge in [0.25, 0.3) is 0 Å². The number of hydrogen-bond acceptors (Lipinski definition) is 4. The Morgan fingerprint density at radius 2 is 2.37 bits per heavy atom. The van der Waals surface area contributed by atoms with Crippen molar-refractivity contribution in [1.82, 2.24) is 5.32 Å². The molecular formula is C14H19N3O2. The highest BCUT2D eigenvalue weighted by atomic mass is 16.5. The second-order valence-electron chi connectivity index (χ2n) is 4.92. The van der Waals surface area contributed by atoms with Crippen molar-refractivity contribution < 1.29 is 9.53 Å². The molecule has 2 N–H and O–H groups in total. The number of fused-ring (bicyclic) bond motifs is 3. The van der Waals surface area contributed by atoms with Crippen molar-refractivity contribution in [1.29, 1.82) is 0 Å². The maximum absolute atomic E-state index is 11.9. The average Bonchev–Trinajstić information content (AvgIpc) is 2.55. The van der Waals surface area contributed by atoms with Crippen molar-refractivity contribution in [2.45, 2.75) is 19.4 Å². The lowest BCUT2D eigenvalue weighted by molar-refractivity contribution is -0.116. The van der Waals surface area contributed by atoms with E-state index in [-0.39, 0.29) is 11.9 Å². The van der Waals surface area contributed by atoms with Gasteiger partial charge in [0.05, 0.1) is 24.0 Å². The van der Waals surface area contributed by atoms with Gasteiger partial charge in [0.15, 0.2) is 0 Å². The zero-order valence-corrected chi connectivity index (χ0v) is 11.1. The fourth-order valence-corrected chi connectivity index (χ4v) is 2.79. The van der Waals surface area contributed by atoms with Crippen LogP contribution in [0.3, 0.4) is 0 Å². The van der Waals surface area contributed by atoms with E-state index in [1.165, 1.54) is 0 Å². The fraction of sp³-hybridized carbons (Fsp3) is 0.500. The number of hydrogen-bond donors (Lipinski definition) is 2. The maximum atomic E-state index is 11.9. The number of piperazine rings is 1. The lowest BCUT2D eigenvalue weighted by atomic mass is 10.1. The van der Waals surface area contributed by atoms with E-state index < -0.39 is 0 Å². The van der Waals surface area contributed by atoms with Gasteiger partial charge in [-0.3, -0.25) is 4.79 Å². The van der Waals surface area contributed by atoms with Gasteiger partial charge in [0, 0.05) is 32.1 Å². The minimum absolute atomic E-state index is 0.0848. The monoisotopic (exact) mass is 261 g/mol. The highest BCUT2D eigenvalue weighted by Gasteiger charge is 2.30. The Balaban J connectivity index is 2.00. The Morgan fingerprint density at radius 1 is 1.47 bits per heavy atom. The number of benzene rings is 1. The molecule has 0 aliphatic carbocycles. The van der Waals surface area contributed by atoms with Gasteiger partial charge < -0.3 is 20.3 Å². The Kier molecular flexibility index (Phi) is 3.29. The number of ether oxygens (including phenoxy) is 1. The summed E-state index contributed by atoms with van der Waals surface area (Å²) in [6.45, 7) is 5.34. The molecule has 0 spiro atoms. The van der Waals surface area contributed by atoms with E-state index in [0.717, 1.165) is 36.8 Å². The summed E-state index contributed by atoms with van der Waals surface area (Å²) in [7, 11) is 0. The summed E-state index contributed by atoms with van der Waals surface area (Å²) in [4.78, 5) is 14.2. The molecule has 5 heteroatoms. The molecule has 1 atom stereocenters. The quantitative estimate of drug-likeness (QED) is 0.840. The van der Waals surface area contributed by atoms with Crippen LogP contribution in [0.5, 0.6) is 5.75 Å². The molecule has 2 aliphatic heterocycles. The topological polar surface area (TPSA) is 53.6 Å². The number of carbonyl (C=O) groups excluding carboxylic acids is 1. The zero-order valence-electron chi connectivity index (χ0n) is 11.1. The smallest absolute Gasteiger partial charge is 0.226 e. The minimum atomic E-state index is 0.0848. The molecule has 5 nitrogen and oxygen atoms in total. The van der Waals surface area contributed by atoms with Crippen molar-refractivity contribution in [2.75, 3.05) is 36.5 Å². The van der Waals surface area contributed by atoms with E-state index >= 15 is 0 Å². The Morgan fingerprint density at radius 3 is 3.21 bits per heavy atom. The van der Waals surface area contributed by atoms with E-state index in [1.807, 2.05) is 25.1 Å². The molecule has 1 aromatic carbocycles. The molecule has 0 bridgehead atoms. The summed E-state index contributed by atoms with van der Waals surface area (Å²) in [6, 6.07) is 6.10. The number of nitrogens with zero attached hydrogens (tertiary/aromatic N) is 1. The second kappa shape index (κ2) is 5.09. The normalized spacial score (nSPS) is 22.1. The van der Waals surface area contributed by atoms with Gasteiger partial charge >= 0.3 is 0 Å². The van der Waals surface area contributed by atoms with E-state index in [2.05, 4.69) is 15.5 Å². The first kappa shape index (κ1) is 12.3. The number of nitrogens with one attached hydrogen (secondary N) is 2. The first-order chi connectivity index (χ1) is 9.28. The molecule has 0 aromatic heterocycles. The third-order valence-corrected chi connectivity index (χ3v) is 3.63. The van der Waals surface area contributed by atoms with E-state index in [0.29, 0.717) is 13.0 Å². The van der Waals surface area contributed by atoms with E-state index in [9.17, 15) is 4.79 Å². The molecule has 2 heterocycles. The molecule has 0 radical (unpaired) electrons. The molecule has 0 unspecified atom stereocenters. The molecule has 19 heavy (non-hydrogen) atoms. The average molecular weight is 261 g/mol. The van der Waals surface area contributed by atoms with Crippen LogP contribution in [0.2, 0.25) is 0 Å². The zero-order chi connectivity index (χ0) is 13.2. The number of anilines is 2. The first-order valence-electron chi connectivity index (χ1n) is 6.82. The third kappa shape index (κ3) is 2.38. The molecule has 102 valence electrons. The van der Waals surface area contributed by atoms with Crippen molar-refractivity contribution in [3.8, 4) is 5.75 Å². The number of rotatable bonds is 2. The first-order valence-corrected chi connectivity index (χ1v) is 6.82. The lowest BCUT2D eigenvalue weighted by Gasteiger charge is -2.36. The van der Waals surface area contributed by atoms with Gasteiger partial charge in [-0.25, -0.2) is 0 Å². The van der Waals surface area contributed by atoms with Crippen LogP contribution in [-0.4, -0.2) is 38.2 Å². The van der Waals surface area contributed by atoms with Crippen LogP contribution in [-0.2, 0) is 4.79 Å². The SMILES string of the molecule is CCOc1ccc2c(c1)N1CCNC[C@@H]1CC(=O)N2. The summed E-state index contributed by atoms with van der Waals surface area (Å²) >= 11 is 0. The molecule has 1 amide bonds. The Labute approximate surface area is 112 Å². The van der Waals surface area contributed by atoms with Crippen molar-refractivity contribution >= 4 is 17.3 Å². The molecule has 1 aromatic rings. The maximum Gasteiger partial charge on any atom is 0.226 e. The van der Waals surface area contributed by atoms with Gasteiger partial charge in [-0.1, -0.05) is 0 Å². The van der Waals surface area contributed by atoms with Crippen LogP contribution in [0.4, 0.5) is 11.4 Å². The third-order valence-electron chi connectivity index (χ3n) is 3.63. The molecule has 1 saturated heterocycles.